The van der Waals surface area contributed by atoms with Gasteiger partial charge in [0.2, 0.25) is 4.96 Å². The molecule has 32 heavy (non-hydrogen) atoms. The van der Waals surface area contributed by atoms with Crippen molar-refractivity contribution < 1.29 is 9.15 Å². The quantitative estimate of drug-likeness (QED) is 0.337. The fraction of sp³-hybridized carbons (Fsp3) is 0.0870. The van der Waals surface area contributed by atoms with Gasteiger partial charge in [0, 0.05) is 22.2 Å². The number of halogens is 2. The monoisotopic (exact) mass is 483 g/mol. The van der Waals surface area contributed by atoms with E-state index in [9.17, 15) is 4.79 Å². The second kappa shape index (κ2) is 8.43. The molecule has 0 amide bonds. The third-order valence-electron chi connectivity index (χ3n) is 4.70. The lowest BCUT2D eigenvalue weighted by atomic mass is 10.2. The predicted octanol–water partition coefficient (Wildman–Crippen LogP) is 5.33. The highest BCUT2D eigenvalue weighted by Crippen LogP contribution is 2.31. The standard InChI is InChI=1S/C23H15Cl2N3O3S/c1-2-30-15-6-3-13(4-7-15)21-26-23-28(27-21)22(29)20(32-23)12-16-8-10-19(31-16)17-9-5-14(24)11-18(17)25/h3-12H,2H2,1H3. The molecule has 5 rings (SSSR count). The molecule has 160 valence electrons. The summed E-state index contributed by atoms with van der Waals surface area (Å²) in [6.07, 6.45) is 1.67. The van der Waals surface area contributed by atoms with Gasteiger partial charge in [-0.05, 0) is 61.5 Å². The second-order valence-electron chi connectivity index (χ2n) is 6.83. The smallest absolute Gasteiger partial charge is 0.291 e. The third-order valence-corrected chi connectivity index (χ3v) is 6.21. The number of furan rings is 1. The van der Waals surface area contributed by atoms with E-state index in [1.807, 2.05) is 31.2 Å². The molecule has 0 spiro atoms. The Morgan fingerprint density at radius 2 is 1.94 bits per heavy atom. The minimum absolute atomic E-state index is 0.253. The number of ether oxygens (including phenoxy) is 1. The van der Waals surface area contributed by atoms with E-state index in [2.05, 4.69) is 10.1 Å². The average Bonchev–Trinajstić information content (AvgIpc) is 3.47. The molecule has 6 nitrogen and oxygen atoms in total. The van der Waals surface area contributed by atoms with Crippen LogP contribution in [0, 0.1) is 0 Å². The summed E-state index contributed by atoms with van der Waals surface area (Å²) in [5, 5.41) is 5.41. The van der Waals surface area contributed by atoms with E-state index < -0.39 is 0 Å². The maximum atomic E-state index is 12.8. The van der Waals surface area contributed by atoms with Gasteiger partial charge in [-0.2, -0.15) is 9.50 Å². The largest absolute Gasteiger partial charge is 0.494 e. The molecule has 0 radical (unpaired) electrons. The van der Waals surface area contributed by atoms with Gasteiger partial charge in [0.25, 0.3) is 5.56 Å². The topological polar surface area (TPSA) is 69.6 Å². The van der Waals surface area contributed by atoms with Crippen molar-refractivity contribution in [3.63, 3.8) is 0 Å². The summed E-state index contributed by atoms with van der Waals surface area (Å²) in [7, 11) is 0. The van der Waals surface area contributed by atoms with Crippen molar-refractivity contribution in [3.8, 4) is 28.5 Å². The van der Waals surface area contributed by atoms with Gasteiger partial charge in [-0.3, -0.25) is 4.79 Å². The highest BCUT2D eigenvalue weighted by Gasteiger charge is 2.13. The Morgan fingerprint density at radius 3 is 2.66 bits per heavy atom. The van der Waals surface area contributed by atoms with Crippen LogP contribution in [0.5, 0.6) is 5.75 Å². The zero-order valence-corrected chi connectivity index (χ0v) is 19.0. The molecular weight excluding hydrogens is 469 g/mol. The van der Waals surface area contributed by atoms with E-state index in [0.717, 1.165) is 16.9 Å². The van der Waals surface area contributed by atoms with Crippen molar-refractivity contribution in [2.24, 2.45) is 0 Å². The molecule has 9 heteroatoms. The number of hydrogen-bond donors (Lipinski definition) is 0. The summed E-state index contributed by atoms with van der Waals surface area (Å²) in [6.45, 7) is 2.53. The summed E-state index contributed by atoms with van der Waals surface area (Å²) >= 11 is 13.5. The van der Waals surface area contributed by atoms with Gasteiger partial charge in [-0.25, -0.2) is 0 Å². The fourth-order valence-electron chi connectivity index (χ4n) is 3.22. The summed E-state index contributed by atoms with van der Waals surface area (Å²) in [6, 6.07) is 16.2. The van der Waals surface area contributed by atoms with Gasteiger partial charge in [-0.15, -0.1) is 5.10 Å². The van der Waals surface area contributed by atoms with E-state index in [4.69, 9.17) is 32.4 Å². The number of rotatable bonds is 5. The lowest BCUT2D eigenvalue weighted by molar-refractivity contribution is 0.340. The molecule has 0 aliphatic heterocycles. The van der Waals surface area contributed by atoms with Crippen molar-refractivity contribution in [1.29, 1.82) is 0 Å². The average molecular weight is 484 g/mol. The van der Waals surface area contributed by atoms with Crippen LogP contribution in [0.1, 0.15) is 12.7 Å². The minimum Gasteiger partial charge on any atom is -0.494 e. The Balaban J connectivity index is 1.46. The van der Waals surface area contributed by atoms with E-state index >= 15 is 0 Å². The van der Waals surface area contributed by atoms with Crippen LogP contribution < -0.4 is 14.8 Å². The number of nitrogens with zero attached hydrogens (tertiary/aromatic N) is 3. The highest BCUT2D eigenvalue weighted by atomic mass is 35.5. The van der Waals surface area contributed by atoms with Crippen LogP contribution in [-0.2, 0) is 0 Å². The molecule has 0 atom stereocenters. The van der Waals surface area contributed by atoms with Crippen LogP contribution in [-0.4, -0.2) is 21.2 Å². The molecule has 0 saturated heterocycles. The van der Waals surface area contributed by atoms with Crippen LogP contribution in [0.4, 0.5) is 0 Å². The number of thiazole rings is 1. The molecule has 0 aliphatic rings. The summed E-state index contributed by atoms with van der Waals surface area (Å²) < 4.78 is 13.1. The molecule has 0 bridgehead atoms. The summed E-state index contributed by atoms with van der Waals surface area (Å²) in [5.74, 6) is 2.37. The van der Waals surface area contributed by atoms with Crippen molar-refractivity contribution in [2.75, 3.05) is 6.61 Å². The number of benzene rings is 2. The molecule has 0 N–H and O–H groups in total. The Kier molecular flexibility index (Phi) is 5.46. The molecule has 3 aromatic heterocycles. The van der Waals surface area contributed by atoms with Crippen LogP contribution in [0.2, 0.25) is 10.0 Å². The molecule has 2 aromatic carbocycles. The van der Waals surface area contributed by atoms with Gasteiger partial charge in [0.1, 0.15) is 21.8 Å². The Labute approximate surface area is 196 Å². The number of hydrogen-bond acceptors (Lipinski definition) is 6. The van der Waals surface area contributed by atoms with Crippen LogP contribution in [0.25, 0.3) is 33.7 Å². The molecule has 0 fully saturated rings. The van der Waals surface area contributed by atoms with Crippen LogP contribution in [0.3, 0.4) is 0 Å². The Bertz CT molecular complexity index is 1540. The lowest BCUT2D eigenvalue weighted by Crippen LogP contribution is -2.23. The first-order valence-corrected chi connectivity index (χ1v) is 11.3. The van der Waals surface area contributed by atoms with E-state index in [-0.39, 0.29) is 5.56 Å². The maximum Gasteiger partial charge on any atom is 0.291 e. The molecule has 0 saturated carbocycles. The first-order valence-electron chi connectivity index (χ1n) is 9.71. The summed E-state index contributed by atoms with van der Waals surface area (Å²) in [5.41, 5.74) is 1.28. The van der Waals surface area contributed by atoms with Crippen molar-refractivity contribution in [3.05, 3.63) is 85.3 Å². The first-order chi connectivity index (χ1) is 15.5. The SMILES string of the molecule is CCOc1ccc(-c2nc3sc(=Cc4ccc(-c5ccc(Cl)cc5Cl)o4)c(=O)n3n2)cc1. The van der Waals surface area contributed by atoms with Gasteiger partial charge >= 0.3 is 0 Å². The number of fused-ring (bicyclic) bond motifs is 1. The van der Waals surface area contributed by atoms with Gasteiger partial charge in [0.05, 0.1) is 11.6 Å². The normalized spacial score (nSPS) is 12.0. The summed E-state index contributed by atoms with van der Waals surface area (Å²) in [4.78, 5) is 17.8. The molecule has 0 aliphatic carbocycles. The van der Waals surface area contributed by atoms with Gasteiger partial charge in [-0.1, -0.05) is 34.5 Å². The van der Waals surface area contributed by atoms with Crippen LogP contribution >= 0.6 is 34.5 Å². The molecule has 3 heterocycles. The first kappa shape index (κ1) is 20.8. The Hall–Kier alpha value is -3.13. The molecular formula is C23H15Cl2N3O3S. The third kappa shape index (κ3) is 3.90. The van der Waals surface area contributed by atoms with Crippen molar-refractivity contribution in [1.82, 2.24) is 14.6 Å². The van der Waals surface area contributed by atoms with E-state index in [1.54, 1.807) is 36.4 Å². The Morgan fingerprint density at radius 1 is 1.12 bits per heavy atom. The molecule has 5 aromatic rings. The fourth-order valence-corrected chi connectivity index (χ4v) is 4.61. The predicted molar refractivity (Wildman–Crippen MR) is 127 cm³/mol. The van der Waals surface area contributed by atoms with Gasteiger partial charge in [0.15, 0.2) is 5.82 Å². The second-order valence-corrected chi connectivity index (χ2v) is 8.68. The van der Waals surface area contributed by atoms with Crippen molar-refractivity contribution in [2.45, 2.75) is 6.92 Å². The lowest BCUT2D eigenvalue weighted by Gasteiger charge is -2.02. The van der Waals surface area contributed by atoms with Crippen molar-refractivity contribution >= 4 is 45.6 Å². The molecule has 0 unspecified atom stereocenters. The maximum absolute atomic E-state index is 12.8. The van der Waals surface area contributed by atoms with E-state index in [1.165, 1.54) is 15.9 Å². The highest BCUT2D eigenvalue weighted by molar-refractivity contribution is 7.15. The zero-order chi connectivity index (χ0) is 22.2. The zero-order valence-electron chi connectivity index (χ0n) is 16.7. The number of aromatic nitrogens is 3. The minimum atomic E-state index is -0.253. The van der Waals surface area contributed by atoms with Crippen LogP contribution in [0.15, 0.2) is 63.8 Å². The van der Waals surface area contributed by atoms with E-state index in [0.29, 0.717) is 43.5 Å². The van der Waals surface area contributed by atoms with Gasteiger partial charge < -0.3 is 9.15 Å².